The van der Waals surface area contributed by atoms with Gasteiger partial charge in [-0.3, -0.25) is 0 Å². The van der Waals surface area contributed by atoms with Crippen molar-refractivity contribution in [2.45, 2.75) is 27.2 Å². The summed E-state index contributed by atoms with van der Waals surface area (Å²) in [5, 5.41) is 3.18. The molecule has 0 unspecified atom stereocenters. The summed E-state index contributed by atoms with van der Waals surface area (Å²) >= 11 is 0. The van der Waals surface area contributed by atoms with Crippen LogP contribution >= 0.6 is 12.4 Å². The molecule has 4 nitrogen and oxygen atoms in total. The molecule has 0 radical (unpaired) electrons. The number of benzene rings is 1. The Labute approximate surface area is 119 Å². The Balaban J connectivity index is 0.00000180. The number of nitrogens with zero attached hydrogens (tertiary/aromatic N) is 2. The van der Waals surface area contributed by atoms with E-state index in [4.69, 9.17) is 5.73 Å². The number of nitrogen functional groups attached to an aromatic ring is 1. The maximum Gasteiger partial charge on any atom is 0.227 e. The van der Waals surface area contributed by atoms with Crippen molar-refractivity contribution in [3.05, 3.63) is 41.2 Å². The molecule has 1 aromatic heterocycles. The predicted molar refractivity (Wildman–Crippen MR) is 82.3 cm³/mol. The Morgan fingerprint density at radius 2 is 1.74 bits per heavy atom. The third kappa shape index (κ3) is 3.83. The second-order valence-electron chi connectivity index (χ2n) is 4.37. The molecule has 0 atom stereocenters. The number of aromatic nitrogens is 2. The highest BCUT2D eigenvalue weighted by Crippen LogP contribution is 2.20. The van der Waals surface area contributed by atoms with Crippen LogP contribution in [0, 0.1) is 13.8 Å². The lowest BCUT2D eigenvalue weighted by molar-refractivity contribution is 1.06. The van der Waals surface area contributed by atoms with E-state index in [1.54, 1.807) is 0 Å². The first kappa shape index (κ1) is 15.2. The van der Waals surface area contributed by atoms with Gasteiger partial charge in [0.25, 0.3) is 0 Å². The average molecular weight is 279 g/mol. The molecule has 0 aliphatic rings. The van der Waals surface area contributed by atoms with Crippen LogP contribution in [0.15, 0.2) is 24.3 Å². The molecule has 102 valence electrons. The SMILES string of the molecule is CCc1ccc(Nc2nc(C)cc(C)n2)cc1N.Cl. The van der Waals surface area contributed by atoms with Gasteiger partial charge in [-0.25, -0.2) is 9.97 Å². The molecule has 3 N–H and O–H groups in total. The molecule has 5 heteroatoms. The summed E-state index contributed by atoms with van der Waals surface area (Å²) in [6, 6.07) is 7.89. The summed E-state index contributed by atoms with van der Waals surface area (Å²) in [6.45, 7) is 5.99. The minimum atomic E-state index is 0. The lowest BCUT2D eigenvalue weighted by Gasteiger charge is -2.09. The summed E-state index contributed by atoms with van der Waals surface area (Å²) in [6.07, 6.45) is 0.937. The zero-order valence-electron chi connectivity index (χ0n) is 11.4. The number of hydrogen-bond acceptors (Lipinski definition) is 4. The molecule has 2 aromatic rings. The van der Waals surface area contributed by atoms with E-state index < -0.39 is 0 Å². The van der Waals surface area contributed by atoms with E-state index in [0.717, 1.165) is 34.7 Å². The van der Waals surface area contributed by atoms with Gasteiger partial charge in [0.05, 0.1) is 0 Å². The van der Waals surface area contributed by atoms with Crippen LogP contribution in [0.4, 0.5) is 17.3 Å². The first-order valence-corrected chi connectivity index (χ1v) is 6.06. The van der Waals surface area contributed by atoms with E-state index in [1.807, 2.05) is 38.1 Å². The highest BCUT2D eigenvalue weighted by atomic mass is 35.5. The maximum absolute atomic E-state index is 5.96. The average Bonchev–Trinajstić information content (AvgIpc) is 2.27. The van der Waals surface area contributed by atoms with Gasteiger partial charge in [0.15, 0.2) is 0 Å². The van der Waals surface area contributed by atoms with Crippen LogP contribution in [0.3, 0.4) is 0 Å². The summed E-state index contributed by atoms with van der Waals surface area (Å²) in [5.74, 6) is 0.608. The smallest absolute Gasteiger partial charge is 0.227 e. The summed E-state index contributed by atoms with van der Waals surface area (Å²) in [7, 11) is 0. The monoisotopic (exact) mass is 278 g/mol. The third-order valence-electron chi connectivity index (χ3n) is 2.77. The molecule has 0 aliphatic carbocycles. The third-order valence-corrected chi connectivity index (χ3v) is 2.77. The van der Waals surface area contributed by atoms with Crippen molar-refractivity contribution in [2.24, 2.45) is 0 Å². The van der Waals surface area contributed by atoms with E-state index in [-0.39, 0.29) is 12.4 Å². The van der Waals surface area contributed by atoms with Gasteiger partial charge in [0.2, 0.25) is 5.95 Å². The second kappa shape index (κ2) is 6.38. The largest absolute Gasteiger partial charge is 0.398 e. The van der Waals surface area contributed by atoms with Crippen molar-refractivity contribution in [1.82, 2.24) is 9.97 Å². The van der Waals surface area contributed by atoms with Crippen molar-refractivity contribution in [3.8, 4) is 0 Å². The molecule has 0 spiro atoms. The zero-order valence-corrected chi connectivity index (χ0v) is 12.2. The molecule has 0 saturated carbocycles. The summed E-state index contributed by atoms with van der Waals surface area (Å²) in [5.41, 5.74) is 10.7. The van der Waals surface area contributed by atoms with Gasteiger partial charge < -0.3 is 11.1 Å². The molecule has 2 rings (SSSR count). The molecule has 1 aromatic carbocycles. The molecule has 0 aliphatic heterocycles. The van der Waals surface area contributed by atoms with Gasteiger partial charge in [0.1, 0.15) is 0 Å². The minimum Gasteiger partial charge on any atom is -0.398 e. The van der Waals surface area contributed by atoms with Crippen molar-refractivity contribution in [1.29, 1.82) is 0 Å². The van der Waals surface area contributed by atoms with Gasteiger partial charge >= 0.3 is 0 Å². The van der Waals surface area contributed by atoms with Crippen LogP contribution in [0.25, 0.3) is 0 Å². The Kier molecular flexibility index (Phi) is 5.12. The molecule has 0 bridgehead atoms. The number of hydrogen-bond donors (Lipinski definition) is 2. The van der Waals surface area contributed by atoms with E-state index in [9.17, 15) is 0 Å². The Bertz CT molecular complexity index is 549. The highest BCUT2D eigenvalue weighted by Gasteiger charge is 2.02. The van der Waals surface area contributed by atoms with Crippen LogP contribution < -0.4 is 11.1 Å². The van der Waals surface area contributed by atoms with Crippen molar-refractivity contribution in [3.63, 3.8) is 0 Å². The molecule has 0 fully saturated rings. The van der Waals surface area contributed by atoms with Gasteiger partial charge in [-0.1, -0.05) is 13.0 Å². The Hall–Kier alpha value is -1.81. The number of nitrogens with one attached hydrogen (secondary N) is 1. The van der Waals surface area contributed by atoms with Crippen LogP contribution in [-0.4, -0.2) is 9.97 Å². The summed E-state index contributed by atoms with van der Waals surface area (Å²) in [4.78, 5) is 8.68. The molecule has 0 saturated heterocycles. The second-order valence-corrected chi connectivity index (χ2v) is 4.37. The molecule has 19 heavy (non-hydrogen) atoms. The van der Waals surface area contributed by atoms with E-state index >= 15 is 0 Å². The van der Waals surface area contributed by atoms with Gasteiger partial charge in [-0.2, -0.15) is 0 Å². The Morgan fingerprint density at radius 1 is 1.11 bits per heavy atom. The molecule has 1 heterocycles. The van der Waals surface area contributed by atoms with Crippen LogP contribution in [0.2, 0.25) is 0 Å². The molecular weight excluding hydrogens is 260 g/mol. The van der Waals surface area contributed by atoms with Crippen molar-refractivity contribution < 1.29 is 0 Å². The van der Waals surface area contributed by atoms with E-state index in [2.05, 4.69) is 22.2 Å². The fourth-order valence-corrected chi connectivity index (χ4v) is 1.91. The standard InChI is InChI=1S/C14H18N4.ClH/c1-4-11-5-6-12(8-13(11)15)18-14-16-9(2)7-10(3)17-14;/h5-8H,4,15H2,1-3H3,(H,16,17,18);1H. The minimum absolute atomic E-state index is 0. The number of rotatable bonds is 3. The van der Waals surface area contributed by atoms with Crippen molar-refractivity contribution >= 4 is 29.7 Å². The number of halogens is 1. The van der Waals surface area contributed by atoms with Crippen LogP contribution in [0.5, 0.6) is 0 Å². The van der Waals surface area contributed by atoms with Crippen molar-refractivity contribution in [2.75, 3.05) is 11.1 Å². The topological polar surface area (TPSA) is 63.8 Å². The fraction of sp³-hybridized carbons (Fsp3) is 0.286. The van der Waals surface area contributed by atoms with Crippen LogP contribution in [0.1, 0.15) is 23.9 Å². The quantitative estimate of drug-likeness (QED) is 0.845. The Morgan fingerprint density at radius 3 is 2.26 bits per heavy atom. The maximum atomic E-state index is 5.96. The first-order valence-electron chi connectivity index (χ1n) is 6.06. The van der Waals surface area contributed by atoms with Crippen LogP contribution in [-0.2, 0) is 6.42 Å². The lowest BCUT2D eigenvalue weighted by atomic mass is 10.1. The number of aryl methyl sites for hydroxylation is 3. The summed E-state index contributed by atoms with van der Waals surface area (Å²) < 4.78 is 0. The number of nitrogens with two attached hydrogens (primary N) is 1. The van der Waals surface area contributed by atoms with Gasteiger partial charge in [-0.15, -0.1) is 12.4 Å². The fourth-order valence-electron chi connectivity index (χ4n) is 1.91. The first-order chi connectivity index (χ1) is 8.58. The van der Waals surface area contributed by atoms with E-state index in [0.29, 0.717) is 5.95 Å². The van der Waals surface area contributed by atoms with Gasteiger partial charge in [-0.05, 0) is 44.0 Å². The number of anilines is 3. The lowest BCUT2D eigenvalue weighted by Crippen LogP contribution is -2.01. The molecule has 0 amide bonds. The highest BCUT2D eigenvalue weighted by molar-refractivity contribution is 5.85. The normalized spacial score (nSPS) is 9.84. The predicted octanol–water partition coefficient (Wildman–Crippen LogP) is 3.40. The molecular formula is C14H19ClN4. The van der Waals surface area contributed by atoms with Gasteiger partial charge in [0, 0.05) is 22.8 Å². The zero-order chi connectivity index (χ0) is 13.1. The van der Waals surface area contributed by atoms with E-state index in [1.165, 1.54) is 0 Å².